The molecule has 1 saturated heterocycles. The first-order valence-corrected chi connectivity index (χ1v) is 12.2. The van der Waals surface area contributed by atoms with Gasteiger partial charge in [-0.1, -0.05) is 48.9 Å². The highest BCUT2D eigenvalue weighted by Gasteiger charge is 2.40. The molecule has 7 heteroatoms. The normalized spacial score (nSPS) is 19.2. The van der Waals surface area contributed by atoms with Gasteiger partial charge >= 0.3 is 0 Å². The highest BCUT2D eigenvalue weighted by Crippen LogP contribution is 2.43. The number of hydrogen-bond donors (Lipinski definition) is 1. The largest absolute Gasteiger partial charge is 0.355 e. The molecule has 0 atom stereocenters. The minimum atomic E-state index is -3.74. The molecule has 31 heavy (non-hydrogen) atoms. The van der Waals surface area contributed by atoms with E-state index in [4.69, 9.17) is 0 Å². The number of carbonyl (C=O) groups excluding carboxylic acids is 1. The van der Waals surface area contributed by atoms with Crippen LogP contribution < -0.4 is 5.32 Å². The monoisotopic (exact) mass is 437 g/mol. The average molecular weight is 438 g/mol. The lowest BCUT2D eigenvalue weighted by Crippen LogP contribution is -2.48. The molecular weight excluding hydrogens is 410 g/mol. The first-order valence-electron chi connectivity index (χ1n) is 10.8. The van der Waals surface area contributed by atoms with Crippen molar-refractivity contribution in [2.24, 2.45) is 5.92 Å². The Morgan fingerprint density at radius 1 is 1.06 bits per heavy atom. The Labute approximate surface area is 183 Å². The van der Waals surface area contributed by atoms with E-state index in [2.05, 4.69) is 17.4 Å². The van der Waals surface area contributed by atoms with Crippen LogP contribution in [-0.2, 0) is 20.2 Å². The van der Waals surface area contributed by atoms with Crippen LogP contribution in [0.15, 0.2) is 59.5 Å². The Hall–Kier alpha value is -2.69. The minimum absolute atomic E-state index is 0.0108. The summed E-state index contributed by atoms with van der Waals surface area (Å²) in [5, 5.41) is 12.4. The van der Waals surface area contributed by atoms with E-state index in [1.54, 1.807) is 12.1 Å². The fourth-order valence-electron chi connectivity index (χ4n) is 4.64. The first kappa shape index (κ1) is 21.5. The number of benzene rings is 2. The topological polar surface area (TPSA) is 90.3 Å². The van der Waals surface area contributed by atoms with Crippen LogP contribution in [0, 0.1) is 17.2 Å². The van der Waals surface area contributed by atoms with Crippen molar-refractivity contribution in [1.82, 2.24) is 9.62 Å². The maximum atomic E-state index is 13.0. The van der Waals surface area contributed by atoms with Gasteiger partial charge < -0.3 is 5.32 Å². The van der Waals surface area contributed by atoms with Gasteiger partial charge in [0.2, 0.25) is 15.9 Å². The second kappa shape index (κ2) is 8.81. The van der Waals surface area contributed by atoms with Gasteiger partial charge in [-0.3, -0.25) is 4.79 Å². The summed E-state index contributed by atoms with van der Waals surface area (Å²) in [6.45, 7) is 1.19. The second-order valence-electron chi connectivity index (χ2n) is 8.50. The van der Waals surface area contributed by atoms with Crippen LogP contribution in [0.4, 0.5) is 0 Å². The number of nitriles is 1. The maximum Gasteiger partial charge on any atom is 0.244 e. The van der Waals surface area contributed by atoms with Gasteiger partial charge in [0.25, 0.3) is 0 Å². The molecule has 0 spiro atoms. The Bertz CT molecular complexity index is 1080. The SMILES string of the molecule is N#Cc1ccccc1S(=O)(=O)N1CCC(C(=O)NCC2(c3ccccc3)CCC2)CC1. The van der Waals surface area contributed by atoms with Crippen LogP contribution in [0.5, 0.6) is 0 Å². The number of sulfonamides is 1. The summed E-state index contributed by atoms with van der Waals surface area (Å²) in [5.74, 6) is -0.178. The smallest absolute Gasteiger partial charge is 0.244 e. The molecule has 1 saturated carbocycles. The van der Waals surface area contributed by atoms with Crippen LogP contribution >= 0.6 is 0 Å². The van der Waals surface area contributed by atoms with E-state index in [-0.39, 0.29) is 40.8 Å². The average Bonchev–Trinajstić information content (AvgIpc) is 2.79. The third-order valence-corrected chi connectivity index (χ3v) is 8.70. The van der Waals surface area contributed by atoms with Gasteiger partial charge in [0.15, 0.2) is 0 Å². The Morgan fingerprint density at radius 3 is 2.32 bits per heavy atom. The summed E-state index contributed by atoms with van der Waals surface area (Å²) < 4.78 is 27.3. The molecule has 2 fully saturated rings. The lowest BCUT2D eigenvalue weighted by atomic mass is 9.64. The van der Waals surface area contributed by atoms with Gasteiger partial charge in [0.05, 0.1) is 10.5 Å². The summed E-state index contributed by atoms with van der Waals surface area (Å²) in [6.07, 6.45) is 4.29. The zero-order chi connectivity index (χ0) is 21.9. The van der Waals surface area contributed by atoms with E-state index in [1.807, 2.05) is 24.3 Å². The van der Waals surface area contributed by atoms with Crippen molar-refractivity contribution < 1.29 is 13.2 Å². The van der Waals surface area contributed by atoms with Crippen LogP contribution in [-0.4, -0.2) is 38.3 Å². The van der Waals surface area contributed by atoms with Gasteiger partial charge in [-0.25, -0.2) is 8.42 Å². The van der Waals surface area contributed by atoms with Crippen molar-refractivity contribution in [1.29, 1.82) is 5.26 Å². The second-order valence-corrected chi connectivity index (χ2v) is 10.4. The zero-order valence-corrected chi connectivity index (χ0v) is 18.3. The lowest BCUT2D eigenvalue weighted by molar-refractivity contribution is -0.126. The van der Waals surface area contributed by atoms with E-state index in [0.29, 0.717) is 19.4 Å². The Kier molecular flexibility index (Phi) is 6.12. The van der Waals surface area contributed by atoms with Crippen molar-refractivity contribution in [3.05, 3.63) is 65.7 Å². The number of carbonyl (C=O) groups is 1. The number of hydrogen-bond acceptors (Lipinski definition) is 4. The highest BCUT2D eigenvalue weighted by atomic mass is 32.2. The summed E-state index contributed by atoms with van der Waals surface area (Å²) in [4.78, 5) is 12.9. The number of nitrogens with one attached hydrogen (secondary N) is 1. The van der Waals surface area contributed by atoms with E-state index >= 15 is 0 Å². The van der Waals surface area contributed by atoms with Crippen LogP contribution in [0.25, 0.3) is 0 Å². The van der Waals surface area contributed by atoms with E-state index < -0.39 is 10.0 Å². The molecule has 4 rings (SSSR count). The van der Waals surface area contributed by atoms with Crippen LogP contribution in [0.3, 0.4) is 0 Å². The predicted molar refractivity (Wildman–Crippen MR) is 118 cm³/mol. The van der Waals surface area contributed by atoms with Crippen molar-refractivity contribution in [3.63, 3.8) is 0 Å². The molecule has 162 valence electrons. The molecule has 1 aliphatic heterocycles. The fraction of sp³-hybridized carbons (Fsp3) is 0.417. The maximum absolute atomic E-state index is 13.0. The third kappa shape index (κ3) is 4.23. The lowest BCUT2D eigenvalue weighted by Gasteiger charge is -2.43. The summed E-state index contributed by atoms with van der Waals surface area (Å²) >= 11 is 0. The molecule has 0 radical (unpaired) electrons. The number of rotatable bonds is 6. The minimum Gasteiger partial charge on any atom is -0.355 e. The molecule has 0 unspecified atom stereocenters. The summed E-state index contributed by atoms with van der Waals surface area (Å²) in [7, 11) is -3.74. The fourth-order valence-corrected chi connectivity index (χ4v) is 6.26. The van der Waals surface area contributed by atoms with Crippen molar-refractivity contribution >= 4 is 15.9 Å². The van der Waals surface area contributed by atoms with Gasteiger partial charge in [0, 0.05) is 31.0 Å². The molecule has 6 nitrogen and oxygen atoms in total. The highest BCUT2D eigenvalue weighted by molar-refractivity contribution is 7.89. The number of nitrogens with zero attached hydrogens (tertiary/aromatic N) is 2. The van der Waals surface area contributed by atoms with E-state index in [1.165, 1.54) is 28.4 Å². The van der Waals surface area contributed by atoms with Gasteiger partial charge in [-0.2, -0.15) is 9.57 Å². The number of amides is 1. The first-order chi connectivity index (χ1) is 15.0. The van der Waals surface area contributed by atoms with E-state index in [0.717, 1.165) is 12.8 Å². The van der Waals surface area contributed by atoms with Crippen LogP contribution in [0.2, 0.25) is 0 Å². The van der Waals surface area contributed by atoms with E-state index in [9.17, 15) is 18.5 Å². The zero-order valence-electron chi connectivity index (χ0n) is 17.5. The van der Waals surface area contributed by atoms with Gasteiger partial charge in [-0.15, -0.1) is 0 Å². The number of piperidine rings is 1. The molecule has 2 aromatic carbocycles. The molecule has 1 aliphatic carbocycles. The van der Waals surface area contributed by atoms with Gasteiger partial charge in [0.1, 0.15) is 6.07 Å². The molecule has 2 aromatic rings. The molecule has 0 bridgehead atoms. The third-order valence-electron chi connectivity index (χ3n) is 6.75. The predicted octanol–water partition coefficient (Wildman–Crippen LogP) is 3.20. The molecule has 1 amide bonds. The standard InChI is InChI=1S/C24H27N3O3S/c25-17-20-7-4-5-10-22(20)31(29,30)27-15-11-19(12-16-27)23(28)26-18-24(13-6-14-24)21-8-2-1-3-9-21/h1-5,7-10,19H,6,11-16,18H2,(H,26,28). The summed E-state index contributed by atoms with van der Waals surface area (Å²) in [5.41, 5.74) is 1.45. The Balaban J connectivity index is 1.36. The van der Waals surface area contributed by atoms with Crippen molar-refractivity contribution in [3.8, 4) is 6.07 Å². The van der Waals surface area contributed by atoms with Crippen LogP contribution in [0.1, 0.15) is 43.2 Å². The molecule has 1 N–H and O–H groups in total. The molecule has 1 heterocycles. The molecule has 0 aromatic heterocycles. The molecular formula is C24H27N3O3S. The van der Waals surface area contributed by atoms with Crippen molar-refractivity contribution in [2.45, 2.75) is 42.4 Å². The van der Waals surface area contributed by atoms with Crippen molar-refractivity contribution in [2.75, 3.05) is 19.6 Å². The summed E-state index contributed by atoms with van der Waals surface area (Å²) in [6, 6.07) is 18.6. The quantitative estimate of drug-likeness (QED) is 0.751. The van der Waals surface area contributed by atoms with Gasteiger partial charge in [-0.05, 0) is 43.4 Å². The Morgan fingerprint density at radius 2 is 1.71 bits per heavy atom. The molecule has 2 aliphatic rings.